The maximum atomic E-state index is 12.4. The lowest BCUT2D eigenvalue weighted by Crippen LogP contribution is -2.39. The van der Waals surface area contributed by atoms with Gasteiger partial charge in [-0.05, 0) is 43.2 Å². The molecular formula is C20H18O4. The molecule has 0 spiro atoms. The lowest BCUT2D eigenvalue weighted by atomic mass is 10.0. The highest BCUT2D eigenvalue weighted by Gasteiger charge is 2.37. The molecule has 24 heavy (non-hydrogen) atoms. The van der Waals surface area contributed by atoms with Gasteiger partial charge >= 0.3 is 11.9 Å². The van der Waals surface area contributed by atoms with Gasteiger partial charge in [0, 0.05) is 6.42 Å². The van der Waals surface area contributed by atoms with Crippen LogP contribution < -0.4 is 0 Å². The smallest absolute Gasteiger partial charge is 0.341 e. The van der Waals surface area contributed by atoms with Crippen molar-refractivity contribution in [2.75, 3.05) is 0 Å². The van der Waals surface area contributed by atoms with Gasteiger partial charge in [-0.1, -0.05) is 42.5 Å². The quantitative estimate of drug-likeness (QED) is 0.482. The van der Waals surface area contributed by atoms with Crippen molar-refractivity contribution in [1.82, 2.24) is 0 Å². The van der Waals surface area contributed by atoms with Crippen LogP contribution in [0.4, 0.5) is 0 Å². The van der Waals surface area contributed by atoms with Gasteiger partial charge in [0.15, 0.2) is 0 Å². The molecule has 0 saturated carbocycles. The second-order valence-corrected chi connectivity index (χ2v) is 5.62. The number of ether oxygens (including phenoxy) is 2. The third-order valence-electron chi connectivity index (χ3n) is 3.82. The molecule has 4 heteroatoms. The molecule has 4 nitrogen and oxygen atoms in total. The number of esters is 2. The fourth-order valence-corrected chi connectivity index (χ4v) is 2.58. The number of carbonyl (C=O) groups excluding carboxylic acids is 2. The minimum atomic E-state index is -1.35. The lowest BCUT2D eigenvalue weighted by Gasteiger charge is -2.32. The van der Waals surface area contributed by atoms with E-state index in [1.807, 2.05) is 18.2 Å². The van der Waals surface area contributed by atoms with Crippen molar-refractivity contribution in [3.05, 3.63) is 83.9 Å². The summed E-state index contributed by atoms with van der Waals surface area (Å²) >= 11 is 0. The Morgan fingerprint density at radius 3 is 1.71 bits per heavy atom. The highest BCUT2D eigenvalue weighted by atomic mass is 16.7. The summed E-state index contributed by atoms with van der Waals surface area (Å²) in [5.74, 6) is -2.37. The summed E-state index contributed by atoms with van der Waals surface area (Å²) in [5, 5.41) is 0. The minimum absolute atomic E-state index is 0.423. The topological polar surface area (TPSA) is 52.6 Å². The van der Waals surface area contributed by atoms with E-state index in [0.29, 0.717) is 17.5 Å². The molecule has 3 rings (SSSR count). The van der Waals surface area contributed by atoms with Gasteiger partial charge in [-0.15, -0.1) is 0 Å². The molecule has 0 saturated heterocycles. The van der Waals surface area contributed by atoms with Crippen LogP contribution in [0.2, 0.25) is 0 Å². The first kappa shape index (κ1) is 16.0. The zero-order valence-electron chi connectivity index (χ0n) is 13.2. The van der Waals surface area contributed by atoms with E-state index in [2.05, 4.69) is 0 Å². The summed E-state index contributed by atoms with van der Waals surface area (Å²) in [6, 6.07) is 17.4. The maximum Gasteiger partial charge on any atom is 0.341 e. The summed E-state index contributed by atoms with van der Waals surface area (Å²) in [6.07, 6.45) is 5.63. The monoisotopic (exact) mass is 322 g/mol. The van der Waals surface area contributed by atoms with Gasteiger partial charge in [-0.2, -0.15) is 0 Å². The number of hydrogen-bond acceptors (Lipinski definition) is 4. The first-order valence-electron chi connectivity index (χ1n) is 7.93. The summed E-state index contributed by atoms with van der Waals surface area (Å²) < 4.78 is 11.2. The molecule has 0 fully saturated rings. The normalized spacial score (nSPS) is 15.5. The zero-order valence-corrected chi connectivity index (χ0v) is 13.2. The molecular weight excluding hydrogens is 304 g/mol. The van der Waals surface area contributed by atoms with Gasteiger partial charge in [-0.25, -0.2) is 9.59 Å². The third-order valence-corrected chi connectivity index (χ3v) is 3.82. The fourth-order valence-electron chi connectivity index (χ4n) is 2.58. The van der Waals surface area contributed by atoms with Crippen LogP contribution in [-0.2, 0) is 9.47 Å². The van der Waals surface area contributed by atoms with Gasteiger partial charge in [0.05, 0.1) is 11.1 Å². The molecule has 0 atom stereocenters. The molecule has 0 N–H and O–H groups in total. The van der Waals surface area contributed by atoms with Crippen molar-refractivity contribution in [3.8, 4) is 0 Å². The van der Waals surface area contributed by atoms with Crippen LogP contribution >= 0.6 is 0 Å². The van der Waals surface area contributed by atoms with E-state index in [4.69, 9.17) is 9.47 Å². The molecule has 0 unspecified atom stereocenters. The second kappa shape index (κ2) is 7.13. The lowest BCUT2D eigenvalue weighted by molar-refractivity contribution is -0.142. The second-order valence-electron chi connectivity index (χ2n) is 5.62. The Balaban J connectivity index is 1.80. The number of hydrogen-bond donors (Lipinski definition) is 0. The Bertz CT molecular complexity index is 681. The van der Waals surface area contributed by atoms with E-state index >= 15 is 0 Å². The van der Waals surface area contributed by atoms with Crippen LogP contribution in [0.1, 0.15) is 40.0 Å². The van der Waals surface area contributed by atoms with Gasteiger partial charge in [-0.3, -0.25) is 0 Å². The predicted molar refractivity (Wildman–Crippen MR) is 89.4 cm³/mol. The van der Waals surface area contributed by atoms with E-state index in [9.17, 15) is 9.59 Å². The van der Waals surface area contributed by atoms with Crippen LogP contribution in [-0.4, -0.2) is 17.7 Å². The van der Waals surface area contributed by atoms with Crippen molar-refractivity contribution < 1.29 is 19.1 Å². The van der Waals surface area contributed by atoms with Crippen molar-refractivity contribution in [2.24, 2.45) is 0 Å². The van der Waals surface area contributed by atoms with Crippen LogP contribution in [0.5, 0.6) is 0 Å². The highest BCUT2D eigenvalue weighted by molar-refractivity contribution is 5.91. The Kier molecular flexibility index (Phi) is 4.75. The molecule has 0 aromatic heterocycles. The average molecular weight is 322 g/mol. The standard InChI is InChI=1S/C20H18O4/c21-18(16-10-4-1-5-11-16)23-20(14-8-3-9-15-20)24-19(22)17-12-6-2-7-13-17/h1-2,4-8,10-14H,3,9,15H2. The molecule has 2 aromatic rings. The molecule has 2 aromatic carbocycles. The summed E-state index contributed by atoms with van der Waals surface area (Å²) in [6.45, 7) is 0. The number of carbonyl (C=O) groups is 2. The van der Waals surface area contributed by atoms with Crippen LogP contribution in [0, 0.1) is 0 Å². The molecule has 0 heterocycles. The van der Waals surface area contributed by atoms with E-state index < -0.39 is 17.7 Å². The Morgan fingerprint density at radius 1 is 0.792 bits per heavy atom. The minimum Gasteiger partial charge on any atom is -0.415 e. The number of rotatable bonds is 4. The Hall–Kier alpha value is -2.88. The molecule has 0 radical (unpaired) electrons. The van der Waals surface area contributed by atoms with Crippen molar-refractivity contribution in [3.63, 3.8) is 0 Å². The molecule has 0 aliphatic heterocycles. The van der Waals surface area contributed by atoms with E-state index in [1.54, 1.807) is 54.6 Å². The molecule has 1 aliphatic carbocycles. The summed E-state index contributed by atoms with van der Waals surface area (Å²) in [7, 11) is 0. The largest absolute Gasteiger partial charge is 0.415 e. The van der Waals surface area contributed by atoms with Gasteiger partial charge in [0.25, 0.3) is 5.79 Å². The van der Waals surface area contributed by atoms with Crippen LogP contribution in [0.15, 0.2) is 72.8 Å². The van der Waals surface area contributed by atoms with Crippen molar-refractivity contribution in [2.45, 2.75) is 25.0 Å². The van der Waals surface area contributed by atoms with E-state index in [-0.39, 0.29) is 0 Å². The van der Waals surface area contributed by atoms with Gasteiger partial charge in [0.2, 0.25) is 0 Å². The molecule has 0 bridgehead atoms. The van der Waals surface area contributed by atoms with Crippen LogP contribution in [0.25, 0.3) is 0 Å². The summed E-state index contributed by atoms with van der Waals surface area (Å²) in [4.78, 5) is 24.8. The number of allylic oxidation sites excluding steroid dienone is 1. The van der Waals surface area contributed by atoms with E-state index in [0.717, 1.165) is 12.8 Å². The highest BCUT2D eigenvalue weighted by Crippen LogP contribution is 2.30. The number of benzene rings is 2. The maximum absolute atomic E-state index is 12.4. The van der Waals surface area contributed by atoms with Crippen LogP contribution in [0.3, 0.4) is 0 Å². The first-order chi connectivity index (χ1) is 11.7. The van der Waals surface area contributed by atoms with E-state index in [1.165, 1.54) is 0 Å². The van der Waals surface area contributed by atoms with Gasteiger partial charge < -0.3 is 9.47 Å². The first-order valence-corrected chi connectivity index (χ1v) is 7.93. The Labute approximate surface area is 140 Å². The SMILES string of the molecule is O=C(OC1(OC(=O)c2ccccc2)C=CCCC1)c1ccccc1. The molecule has 122 valence electrons. The average Bonchev–Trinajstić information content (AvgIpc) is 2.64. The fraction of sp³-hybridized carbons (Fsp3) is 0.200. The van der Waals surface area contributed by atoms with Gasteiger partial charge in [0.1, 0.15) is 0 Å². The summed E-state index contributed by atoms with van der Waals surface area (Å²) in [5.41, 5.74) is 0.846. The van der Waals surface area contributed by atoms with Crippen molar-refractivity contribution >= 4 is 11.9 Å². The molecule has 1 aliphatic rings. The predicted octanol–water partition coefficient (Wildman–Crippen LogP) is 4.14. The van der Waals surface area contributed by atoms with Crippen molar-refractivity contribution in [1.29, 1.82) is 0 Å². The molecule has 0 amide bonds. The zero-order chi connectivity index (χ0) is 16.8. The Morgan fingerprint density at radius 2 is 1.29 bits per heavy atom. The third kappa shape index (κ3) is 3.71.